The number of halogens is 2. The first-order chi connectivity index (χ1) is 6.20. The Hall–Kier alpha value is -0.940. The highest BCUT2D eigenvalue weighted by molar-refractivity contribution is 9.10. The van der Waals surface area contributed by atoms with Crippen LogP contribution in [-0.2, 0) is 0 Å². The molecule has 0 aliphatic heterocycles. The number of nitrogens with zero attached hydrogens (tertiary/aromatic N) is 2. The zero-order valence-electron chi connectivity index (χ0n) is 6.21. The normalized spacial score (nSPS) is 10.6. The van der Waals surface area contributed by atoms with Gasteiger partial charge in [0.15, 0.2) is 0 Å². The van der Waals surface area contributed by atoms with E-state index in [2.05, 4.69) is 30.9 Å². The van der Waals surface area contributed by atoms with E-state index in [1.54, 1.807) is 0 Å². The van der Waals surface area contributed by atoms with E-state index < -0.39 is 0 Å². The standard InChI is InChI=1S/C7H3BrClN3O/c8-3-1-10-6(9)4-5(3)11-2-12-7(4)13/h1-2H,(H,11,12,13). The van der Waals surface area contributed by atoms with Crippen LogP contribution in [0.25, 0.3) is 10.9 Å². The van der Waals surface area contributed by atoms with Gasteiger partial charge in [0.2, 0.25) is 0 Å². The third-order valence-electron chi connectivity index (χ3n) is 1.58. The summed E-state index contributed by atoms with van der Waals surface area (Å²) in [4.78, 5) is 21.5. The molecule has 4 nitrogen and oxygen atoms in total. The van der Waals surface area contributed by atoms with Crippen LogP contribution in [0.3, 0.4) is 0 Å². The van der Waals surface area contributed by atoms with Crippen molar-refractivity contribution >= 4 is 38.4 Å². The SMILES string of the molecule is O=c1[nH]cnc2c(Br)cnc(Cl)c12. The summed E-state index contributed by atoms with van der Waals surface area (Å²) >= 11 is 8.97. The van der Waals surface area contributed by atoms with Crippen LogP contribution in [0.15, 0.2) is 21.8 Å². The number of hydrogen-bond acceptors (Lipinski definition) is 3. The summed E-state index contributed by atoms with van der Waals surface area (Å²) in [6.07, 6.45) is 2.84. The maximum Gasteiger partial charge on any atom is 0.261 e. The van der Waals surface area contributed by atoms with Gasteiger partial charge in [-0.05, 0) is 15.9 Å². The Labute approximate surface area is 86.1 Å². The number of hydrogen-bond donors (Lipinski definition) is 1. The third-order valence-corrected chi connectivity index (χ3v) is 2.44. The molecule has 0 spiro atoms. The second kappa shape index (κ2) is 3.08. The molecule has 0 saturated heterocycles. The zero-order chi connectivity index (χ0) is 9.42. The van der Waals surface area contributed by atoms with E-state index in [0.29, 0.717) is 15.4 Å². The molecule has 66 valence electrons. The van der Waals surface area contributed by atoms with Gasteiger partial charge in [0.25, 0.3) is 5.56 Å². The average molecular weight is 260 g/mol. The van der Waals surface area contributed by atoms with Crippen molar-refractivity contribution in [1.29, 1.82) is 0 Å². The number of nitrogens with one attached hydrogen (secondary N) is 1. The van der Waals surface area contributed by atoms with Gasteiger partial charge >= 0.3 is 0 Å². The van der Waals surface area contributed by atoms with E-state index in [-0.39, 0.29) is 10.7 Å². The van der Waals surface area contributed by atoms with Crippen LogP contribution in [-0.4, -0.2) is 15.0 Å². The number of H-pyrrole nitrogens is 1. The van der Waals surface area contributed by atoms with Gasteiger partial charge in [-0.1, -0.05) is 11.6 Å². The van der Waals surface area contributed by atoms with Gasteiger partial charge in [-0.2, -0.15) is 0 Å². The molecule has 0 fully saturated rings. The predicted octanol–water partition coefficient (Wildman–Crippen LogP) is 1.73. The molecule has 13 heavy (non-hydrogen) atoms. The lowest BCUT2D eigenvalue weighted by molar-refractivity contribution is 1.15. The Bertz CT molecular complexity index is 525. The van der Waals surface area contributed by atoms with E-state index in [1.165, 1.54) is 12.5 Å². The minimum atomic E-state index is -0.288. The van der Waals surface area contributed by atoms with E-state index >= 15 is 0 Å². The quantitative estimate of drug-likeness (QED) is 0.734. The fraction of sp³-hybridized carbons (Fsp3) is 0. The van der Waals surface area contributed by atoms with Crippen LogP contribution in [0, 0.1) is 0 Å². The van der Waals surface area contributed by atoms with Crippen LogP contribution in [0.4, 0.5) is 0 Å². The van der Waals surface area contributed by atoms with Crippen LogP contribution >= 0.6 is 27.5 Å². The number of fused-ring (bicyclic) bond motifs is 1. The van der Waals surface area contributed by atoms with Crippen LogP contribution in [0.5, 0.6) is 0 Å². The topological polar surface area (TPSA) is 58.6 Å². The Morgan fingerprint density at radius 1 is 1.46 bits per heavy atom. The maximum atomic E-state index is 11.3. The van der Waals surface area contributed by atoms with Gasteiger partial charge in [0.05, 0.1) is 16.3 Å². The average Bonchev–Trinajstić information content (AvgIpc) is 2.12. The Balaban J connectivity index is 3.09. The molecule has 2 aromatic rings. The van der Waals surface area contributed by atoms with Crippen LogP contribution in [0.1, 0.15) is 0 Å². The van der Waals surface area contributed by atoms with Crippen molar-refractivity contribution in [3.8, 4) is 0 Å². The van der Waals surface area contributed by atoms with E-state index in [1.807, 2.05) is 0 Å². The minimum Gasteiger partial charge on any atom is -0.313 e. The van der Waals surface area contributed by atoms with E-state index in [0.717, 1.165) is 0 Å². The first kappa shape index (κ1) is 8.65. The summed E-state index contributed by atoms with van der Waals surface area (Å²) in [5.74, 6) is 0. The van der Waals surface area contributed by atoms with Crippen molar-refractivity contribution in [3.05, 3.63) is 32.5 Å². The first-order valence-corrected chi connectivity index (χ1v) is 4.54. The van der Waals surface area contributed by atoms with Gasteiger partial charge in [-0.3, -0.25) is 4.79 Å². The van der Waals surface area contributed by atoms with E-state index in [9.17, 15) is 4.79 Å². The predicted molar refractivity (Wildman–Crippen MR) is 52.9 cm³/mol. The monoisotopic (exact) mass is 259 g/mol. The van der Waals surface area contributed by atoms with Gasteiger partial charge in [-0.15, -0.1) is 0 Å². The minimum absolute atomic E-state index is 0.160. The van der Waals surface area contributed by atoms with E-state index in [4.69, 9.17) is 11.6 Å². The lowest BCUT2D eigenvalue weighted by Gasteiger charge is -1.98. The number of rotatable bonds is 0. The largest absolute Gasteiger partial charge is 0.313 e. The van der Waals surface area contributed by atoms with Gasteiger partial charge in [0.1, 0.15) is 10.5 Å². The first-order valence-electron chi connectivity index (χ1n) is 3.37. The Morgan fingerprint density at radius 3 is 2.92 bits per heavy atom. The molecule has 0 aliphatic rings. The molecule has 0 atom stereocenters. The molecule has 2 rings (SSSR count). The summed E-state index contributed by atoms with van der Waals surface area (Å²) in [6.45, 7) is 0. The Kier molecular flexibility index (Phi) is 2.05. The van der Waals surface area contributed by atoms with Crippen molar-refractivity contribution in [3.63, 3.8) is 0 Å². The van der Waals surface area contributed by atoms with Crippen molar-refractivity contribution < 1.29 is 0 Å². The number of aromatic nitrogens is 3. The highest BCUT2D eigenvalue weighted by atomic mass is 79.9. The molecule has 0 aliphatic carbocycles. The molecule has 0 radical (unpaired) electrons. The fourth-order valence-electron chi connectivity index (χ4n) is 1.01. The molecule has 2 heterocycles. The second-order valence-electron chi connectivity index (χ2n) is 2.35. The molecular formula is C7H3BrClN3O. The molecule has 0 saturated carbocycles. The highest BCUT2D eigenvalue weighted by Gasteiger charge is 2.08. The molecule has 0 amide bonds. The molecular weight excluding hydrogens is 257 g/mol. The lowest BCUT2D eigenvalue weighted by atomic mass is 10.3. The molecule has 0 bridgehead atoms. The molecule has 0 aromatic carbocycles. The fourth-order valence-corrected chi connectivity index (χ4v) is 1.64. The Morgan fingerprint density at radius 2 is 2.23 bits per heavy atom. The summed E-state index contributed by atoms with van der Waals surface area (Å²) in [7, 11) is 0. The van der Waals surface area contributed by atoms with Crippen molar-refractivity contribution in [2.24, 2.45) is 0 Å². The molecule has 1 N–H and O–H groups in total. The van der Waals surface area contributed by atoms with Crippen molar-refractivity contribution in [2.75, 3.05) is 0 Å². The third kappa shape index (κ3) is 1.34. The zero-order valence-corrected chi connectivity index (χ0v) is 8.56. The van der Waals surface area contributed by atoms with Crippen molar-refractivity contribution in [2.45, 2.75) is 0 Å². The summed E-state index contributed by atoms with van der Waals surface area (Å²) in [5, 5.41) is 0.464. The molecule has 6 heteroatoms. The second-order valence-corrected chi connectivity index (χ2v) is 3.56. The molecule has 2 aromatic heterocycles. The maximum absolute atomic E-state index is 11.3. The lowest BCUT2D eigenvalue weighted by Crippen LogP contribution is -2.07. The number of aromatic amines is 1. The van der Waals surface area contributed by atoms with Crippen LogP contribution in [0.2, 0.25) is 5.15 Å². The van der Waals surface area contributed by atoms with Gasteiger partial charge in [-0.25, -0.2) is 9.97 Å². The highest BCUT2D eigenvalue weighted by Crippen LogP contribution is 2.22. The van der Waals surface area contributed by atoms with Gasteiger partial charge in [0, 0.05) is 6.20 Å². The van der Waals surface area contributed by atoms with Crippen molar-refractivity contribution in [1.82, 2.24) is 15.0 Å². The summed E-state index contributed by atoms with van der Waals surface area (Å²) in [6, 6.07) is 0. The van der Waals surface area contributed by atoms with Gasteiger partial charge < -0.3 is 4.98 Å². The smallest absolute Gasteiger partial charge is 0.261 e. The molecule has 0 unspecified atom stereocenters. The van der Waals surface area contributed by atoms with Crippen LogP contribution < -0.4 is 5.56 Å². The summed E-state index contributed by atoms with van der Waals surface area (Å²) in [5.41, 5.74) is 0.229. The summed E-state index contributed by atoms with van der Waals surface area (Å²) < 4.78 is 0.651. The number of pyridine rings is 1.